The van der Waals surface area contributed by atoms with Crippen LogP contribution in [0, 0.1) is 0 Å². The normalized spacial score (nSPS) is 28.5. The largest absolute Gasteiger partial charge is 0.383 e. The van der Waals surface area contributed by atoms with E-state index in [2.05, 4.69) is 31.1 Å². The average Bonchev–Trinajstić information content (AvgIpc) is 2.55. The fourth-order valence-corrected chi connectivity index (χ4v) is 2.51. The third kappa shape index (κ3) is 4.40. The van der Waals surface area contributed by atoms with Crippen LogP contribution in [0.2, 0.25) is 0 Å². The number of rotatable bonds is 7. The van der Waals surface area contributed by atoms with Crippen molar-refractivity contribution < 1.29 is 4.74 Å². The Morgan fingerprint density at radius 1 is 1.50 bits per heavy atom. The van der Waals surface area contributed by atoms with E-state index in [4.69, 9.17) is 4.74 Å². The van der Waals surface area contributed by atoms with Crippen molar-refractivity contribution in [3.8, 4) is 0 Å². The fourth-order valence-electron chi connectivity index (χ4n) is 2.51. The summed E-state index contributed by atoms with van der Waals surface area (Å²) in [5.74, 6) is 0. The van der Waals surface area contributed by atoms with Gasteiger partial charge in [0.15, 0.2) is 0 Å². The maximum Gasteiger partial charge on any atom is 0.0615 e. The summed E-state index contributed by atoms with van der Waals surface area (Å²) in [5, 5.41) is 3.75. The SMILES string of the molecule is CCCCC(COC)NC1CC(C)N(C)C1. The molecule has 1 saturated heterocycles. The van der Waals surface area contributed by atoms with E-state index >= 15 is 0 Å². The maximum atomic E-state index is 5.29. The Morgan fingerprint density at radius 2 is 2.25 bits per heavy atom. The molecule has 0 aliphatic carbocycles. The minimum absolute atomic E-state index is 0.536. The summed E-state index contributed by atoms with van der Waals surface area (Å²) in [6, 6.07) is 1.90. The lowest BCUT2D eigenvalue weighted by Crippen LogP contribution is -2.42. The molecule has 1 heterocycles. The fraction of sp³-hybridized carbons (Fsp3) is 1.00. The Kier molecular flexibility index (Phi) is 6.32. The van der Waals surface area contributed by atoms with E-state index in [1.807, 2.05) is 0 Å². The number of nitrogens with one attached hydrogen (secondary N) is 1. The van der Waals surface area contributed by atoms with Gasteiger partial charge in [-0.25, -0.2) is 0 Å². The second-order valence-corrected chi connectivity index (χ2v) is 5.18. The molecule has 96 valence electrons. The monoisotopic (exact) mass is 228 g/mol. The molecular weight excluding hydrogens is 200 g/mol. The highest BCUT2D eigenvalue weighted by atomic mass is 16.5. The molecule has 3 heteroatoms. The number of hydrogen-bond acceptors (Lipinski definition) is 3. The van der Waals surface area contributed by atoms with E-state index in [1.165, 1.54) is 32.2 Å². The second kappa shape index (κ2) is 7.25. The number of likely N-dealkylation sites (N-methyl/N-ethyl adjacent to an activating group) is 1. The van der Waals surface area contributed by atoms with E-state index in [-0.39, 0.29) is 0 Å². The van der Waals surface area contributed by atoms with Crippen LogP contribution in [-0.2, 0) is 4.74 Å². The van der Waals surface area contributed by atoms with Crippen LogP contribution in [0.15, 0.2) is 0 Å². The zero-order chi connectivity index (χ0) is 12.0. The quantitative estimate of drug-likeness (QED) is 0.720. The van der Waals surface area contributed by atoms with Gasteiger partial charge in [0.2, 0.25) is 0 Å². The summed E-state index contributed by atoms with van der Waals surface area (Å²) in [6.45, 7) is 6.57. The van der Waals surface area contributed by atoms with Gasteiger partial charge < -0.3 is 15.0 Å². The Bertz CT molecular complexity index is 177. The van der Waals surface area contributed by atoms with Crippen molar-refractivity contribution in [1.82, 2.24) is 10.2 Å². The molecule has 1 N–H and O–H groups in total. The highest BCUT2D eigenvalue weighted by Gasteiger charge is 2.27. The topological polar surface area (TPSA) is 24.5 Å². The van der Waals surface area contributed by atoms with E-state index in [0.717, 1.165) is 6.61 Å². The highest BCUT2D eigenvalue weighted by molar-refractivity contribution is 4.87. The van der Waals surface area contributed by atoms with Gasteiger partial charge >= 0.3 is 0 Å². The molecule has 1 rings (SSSR count). The molecule has 16 heavy (non-hydrogen) atoms. The summed E-state index contributed by atoms with van der Waals surface area (Å²) < 4.78 is 5.29. The Labute approximate surface area is 101 Å². The van der Waals surface area contributed by atoms with Crippen molar-refractivity contribution >= 4 is 0 Å². The summed E-state index contributed by atoms with van der Waals surface area (Å²) in [7, 11) is 4.01. The first kappa shape index (κ1) is 13.9. The number of likely N-dealkylation sites (tertiary alicyclic amines) is 1. The van der Waals surface area contributed by atoms with Crippen LogP contribution >= 0.6 is 0 Å². The minimum atomic E-state index is 0.536. The molecule has 0 saturated carbocycles. The molecule has 0 bridgehead atoms. The van der Waals surface area contributed by atoms with E-state index in [9.17, 15) is 0 Å². The van der Waals surface area contributed by atoms with Crippen LogP contribution in [0.1, 0.15) is 39.5 Å². The zero-order valence-electron chi connectivity index (χ0n) is 11.3. The molecule has 3 nitrogen and oxygen atoms in total. The number of ether oxygens (including phenoxy) is 1. The Hall–Kier alpha value is -0.120. The van der Waals surface area contributed by atoms with Crippen LogP contribution in [0.4, 0.5) is 0 Å². The van der Waals surface area contributed by atoms with Crippen molar-refractivity contribution in [3.63, 3.8) is 0 Å². The highest BCUT2D eigenvalue weighted by Crippen LogP contribution is 2.16. The van der Waals surface area contributed by atoms with Gasteiger partial charge in [0.1, 0.15) is 0 Å². The van der Waals surface area contributed by atoms with Crippen molar-refractivity contribution in [1.29, 1.82) is 0 Å². The van der Waals surface area contributed by atoms with Crippen LogP contribution < -0.4 is 5.32 Å². The first-order chi connectivity index (χ1) is 7.67. The molecule has 1 aliphatic heterocycles. The standard InChI is InChI=1S/C13H28N2O/c1-5-6-7-12(10-16-4)14-13-8-11(2)15(3)9-13/h11-14H,5-10H2,1-4H3. The van der Waals surface area contributed by atoms with Gasteiger partial charge in [0, 0.05) is 31.8 Å². The molecule has 0 aromatic heterocycles. The molecule has 1 fully saturated rings. The van der Waals surface area contributed by atoms with Crippen molar-refractivity contribution in [2.75, 3.05) is 27.3 Å². The third-order valence-electron chi connectivity index (χ3n) is 3.63. The summed E-state index contributed by atoms with van der Waals surface area (Å²) in [5.41, 5.74) is 0. The molecule has 1 aliphatic rings. The van der Waals surface area contributed by atoms with Gasteiger partial charge in [0.05, 0.1) is 6.61 Å². The lowest BCUT2D eigenvalue weighted by Gasteiger charge is -2.22. The van der Waals surface area contributed by atoms with Crippen LogP contribution in [0.25, 0.3) is 0 Å². The van der Waals surface area contributed by atoms with Crippen LogP contribution in [-0.4, -0.2) is 50.3 Å². The first-order valence-electron chi connectivity index (χ1n) is 6.62. The average molecular weight is 228 g/mol. The second-order valence-electron chi connectivity index (χ2n) is 5.18. The lowest BCUT2D eigenvalue weighted by atomic mass is 10.1. The smallest absolute Gasteiger partial charge is 0.0615 e. The Morgan fingerprint density at radius 3 is 2.75 bits per heavy atom. The summed E-state index contributed by atoms with van der Waals surface area (Å²) in [6.07, 6.45) is 5.06. The van der Waals surface area contributed by atoms with E-state index < -0.39 is 0 Å². The van der Waals surface area contributed by atoms with Gasteiger partial charge in [-0.15, -0.1) is 0 Å². The Balaban J connectivity index is 2.30. The van der Waals surface area contributed by atoms with Crippen LogP contribution in [0.3, 0.4) is 0 Å². The molecule has 3 unspecified atom stereocenters. The number of unbranched alkanes of at least 4 members (excludes halogenated alkanes) is 1. The molecule has 3 atom stereocenters. The van der Waals surface area contributed by atoms with Gasteiger partial charge in [-0.2, -0.15) is 0 Å². The van der Waals surface area contributed by atoms with Gasteiger partial charge in [-0.1, -0.05) is 19.8 Å². The van der Waals surface area contributed by atoms with E-state index in [1.54, 1.807) is 7.11 Å². The molecule has 0 amide bonds. The number of hydrogen-bond donors (Lipinski definition) is 1. The third-order valence-corrected chi connectivity index (χ3v) is 3.63. The van der Waals surface area contributed by atoms with Gasteiger partial charge in [-0.3, -0.25) is 0 Å². The molecule has 0 aromatic rings. The first-order valence-corrected chi connectivity index (χ1v) is 6.62. The van der Waals surface area contributed by atoms with Crippen molar-refractivity contribution in [3.05, 3.63) is 0 Å². The lowest BCUT2D eigenvalue weighted by molar-refractivity contribution is 0.155. The molecule has 0 radical (unpaired) electrons. The number of methoxy groups -OCH3 is 1. The van der Waals surface area contributed by atoms with Gasteiger partial charge in [0.25, 0.3) is 0 Å². The van der Waals surface area contributed by atoms with Crippen LogP contribution in [0.5, 0.6) is 0 Å². The summed E-state index contributed by atoms with van der Waals surface area (Å²) >= 11 is 0. The zero-order valence-corrected chi connectivity index (χ0v) is 11.3. The van der Waals surface area contributed by atoms with Crippen molar-refractivity contribution in [2.45, 2.75) is 57.7 Å². The maximum absolute atomic E-state index is 5.29. The predicted octanol–water partition coefficient (Wildman–Crippen LogP) is 1.87. The number of nitrogens with zero attached hydrogens (tertiary/aromatic N) is 1. The van der Waals surface area contributed by atoms with E-state index in [0.29, 0.717) is 18.1 Å². The molecule has 0 spiro atoms. The summed E-state index contributed by atoms with van der Waals surface area (Å²) in [4.78, 5) is 2.43. The van der Waals surface area contributed by atoms with Crippen molar-refractivity contribution in [2.24, 2.45) is 0 Å². The molecular formula is C13H28N2O. The minimum Gasteiger partial charge on any atom is -0.383 e. The van der Waals surface area contributed by atoms with Gasteiger partial charge in [-0.05, 0) is 26.8 Å². The molecule has 0 aromatic carbocycles. The predicted molar refractivity (Wildman–Crippen MR) is 68.8 cm³/mol.